The van der Waals surface area contributed by atoms with E-state index >= 15 is 0 Å². The molecule has 0 aliphatic carbocycles. The van der Waals surface area contributed by atoms with Crippen LogP contribution in [0.4, 0.5) is 0 Å². The van der Waals surface area contributed by atoms with Crippen LogP contribution >= 0.6 is 22.9 Å². The molecule has 0 saturated carbocycles. The van der Waals surface area contributed by atoms with Gasteiger partial charge in [0.2, 0.25) is 10.8 Å². The van der Waals surface area contributed by atoms with Crippen molar-refractivity contribution in [3.63, 3.8) is 0 Å². The molecule has 1 unspecified atom stereocenters. The molecule has 1 fully saturated rings. The standard InChI is InChI=1S/C21H25ClN4O3S/c1-3-16-23-21-26(24-16)19(27)18(30-21)17(14-7-5-6-8-15(14)22)25-11-9-13(10-12-25)20(28)29-4-2/h5-8,13,17,27H,3-4,9-12H2,1-2H3. The van der Waals surface area contributed by atoms with Crippen LogP contribution in [0.5, 0.6) is 5.88 Å². The number of likely N-dealkylation sites (tertiary alicyclic amines) is 1. The first-order chi connectivity index (χ1) is 14.5. The topological polar surface area (TPSA) is 80.0 Å². The molecule has 2 aromatic heterocycles. The van der Waals surface area contributed by atoms with Crippen LogP contribution in [0.1, 0.15) is 49.0 Å². The summed E-state index contributed by atoms with van der Waals surface area (Å²) in [6, 6.07) is 7.45. The van der Waals surface area contributed by atoms with Crippen LogP contribution in [0.25, 0.3) is 4.96 Å². The van der Waals surface area contributed by atoms with E-state index in [0.717, 1.165) is 10.4 Å². The van der Waals surface area contributed by atoms with Crippen LogP contribution in [0.3, 0.4) is 0 Å². The molecule has 0 amide bonds. The zero-order valence-corrected chi connectivity index (χ0v) is 18.6. The van der Waals surface area contributed by atoms with Crippen molar-refractivity contribution in [2.75, 3.05) is 19.7 Å². The first-order valence-corrected chi connectivity index (χ1v) is 11.4. The summed E-state index contributed by atoms with van der Waals surface area (Å²) in [5.74, 6) is 0.587. The molecular formula is C21H25ClN4O3S. The number of fused-ring (bicyclic) bond motifs is 1. The lowest BCUT2D eigenvalue weighted by Crippen LogP contribution is -2.39. The smallest absolute Gasteiger partial charge is 0.309 e. The van der Waals surface area contributed by atoms with Gasteiger partial charge in [-0.15, -0.1) is 5.10 Å². The number of halogens is 1. The van der Waals surface area contributed by atoms with Crippen LogP contribution in [0.15, 0.2) is 24.3 Å². The zero-order chi connectivity index (χ0) is 21.3. The average Bonchev–Trinajstić information content (AvgIpc) is 3.29. The van der Waals surface area contributed by atoms with Crippen LogP contribution in [-0.4, -0.2) is 50.3 Å². The second-order valence-electron chi connectivity index (χ2n) is 7.35. The number of benzene rings is 1. The van der Waals surface area contributed by atoms with E-state index in [1.54, 1.807) is 0 Å². The van der Waals surface area contributed by atoms with E-state index in [2.05, 4.69) is 15.0 Å². The number of aromatic nitrogens is 3. The zero-order valence-electron chi connectivity index (χ0n) is 17.0. The van der Waals surface area contributed by atoms with E-state index < -0.39 is 0 Å². The SMILES string of the molecule is CCOC(=O)C1CCN(C(c2ccccc2Cl)c2sc3nc(CC)nn3c2O)CC1. The Morgan fingerprint density at radius 2 is 2.07 bits per heavy atom. The Kier molecular flexibility index (Phi) is 6.26. The fourth-order valence-corrected chi connectivity index (χ4v) is 5.34. The van der Waals surface area contributed by atoms with Gasteiger partial charge in [-0.25, -0.2) is 4.98 Å². The first kappa shape index (κ1) is 21.1. The first-order valence-electron chi connectivity index (χ1n) is 10.3. The third kappa shape index (κ3) is 3.91. The lowest BCUT2D eigenvalue weighted by molar-refractivity contribution is -0.149. The monoisotopic (exact) mass is 448 g/mol. The molecule has 1 aliphatic heterocycles. The summed E-state index contributed by atoms with van der Waals surface area (Å²) in [6.45, 7) is 5.61. The average molecular weight is 449 g/mol. The van der Waals surface area contributed by atoms with Gasteiger partial charge < -0.3 is 9.84 Å². The molecule has 0 bridgehead atoms. The Hall–Kier alpha value is -2.16. The molecule has 1 atom stereocenters. The number of rotatable bonds is 6. The molecule has 1 aromatic carbocycles. The molecule has 0 radical (unpaired) electrons. The Morgan fingerprint density at radius 1 is 1.33 bits per heavy atom. The van der Waals surface area contributed by atoms with E-state index in [9.17, 15) is 9.90 Å². The van der Waals surface area contributed by atoms with Crippen LogP contribution in [0, 0.1) is 5.92 Å². The maximum absolute atomic E-state index is 12.1. The van der Waals surface area contributed by atoms with Gasteiger partial charge >= 0.3 is 5.97 Å². The largest absolute Gasteiger partial charge is 0.492 e. The number of ether oxygens (including phenoxy) is 1. The number of piperidine rings is 1. The Balaban J connectivity index is 1.69. The van der Waals surface area contributed by atoms with E-state index in [-0.39, 0.29) is 23.8 Å². The van der Waals surface area contributed by atoms with Crippen molar-refractivity contribution >= 4 is 33.9 Å². The molecule has 1 N–H and O–H groups in total. The molecule has 4 rings (SSSR count). The molecule has 1 aliphatic rings. The second kappa shape index (κ2) is 8.91. The van der Waals surface area contributed by atoms with Crippen molar-refractivity contribution in [1.29, 1.82) is 0 Å². The highest BCUT2D eigenvalue weighted by Crippen LogP contribution is 2.43. The lowest BCUT2D eigenvalue weighted by atomic mass is 9.93. The minimum absolute atomic E-state index is 0.0869. The van der Waals surface area contributed by atoms with Crippen molar-refractivity contribution in [2.24, 2.45) is 5.92 Å². The van der Waals surface area contributed by atoms with E-state index in [4.69, 9.17) is 16.3 Å². The third-order valence-corrected chi connectivity index (χ3v) is 6.94. The van der Waals surface area contributed by atoms with Crippen LogP contribution in [-0.2, 0) is 16.0 Å². The quantitative estimate of drug-likeness (QED) is 0.572. The van der Waals surface area contributed by atoms with Gasteiger partial charge in [0.1, 0.15) is 0 Å². The van der Waals surface area contributed by atoms with Crippen molar-refractivity contribution in [3.05, 3.63) is 45.6 Å². The molecule has 0 spiro atoms. The summed E-state index contributed by atoms with van der Waals surface area (Å²) in [5, 5.41) is 16.0. The summed E-state index contributed by atoms with van der Waals surface area (Å²) in [7, 11) is 0. The maximum atomic E-state index is 12.1. The third-order valence-electron chi connectivity index (χ3n) is 5.52. The minimum atomic E-state index is -0.236. The highest BCUT2D eigenvalue weighted by atomic mass is 35.5. The van der Waals surface area contributed by atoms with Gasteiger partial charge in [0.05, 0.1) is 23.4 Å². The number of hydrogen-bond donors (Lipinski definition) is 1. The number of aromatic hydroxyl groups is 1. The van der Waals surface area contributed by atoms with Gasteiger partial charge in [-0.05, 0) is 44.5 Å². The highest BCUT2D eigenvalue weighted by molar-refractivity contribution is 7.17. The lowest BCUT2D eigenvalue weighted by Gasteiger charge is -2.36. The molecular weight excluding hydrogens is 424 g/mol. The Bertz CT molecular complexity index is 1040. The molecule has 1 saturated heterocycles. The molecule has 9 heteroatoms. The molecule has 3 aromatic rings. The minimum Gasteiger partial charge on any atom is -0.492 e. The molecule has 30 heavy (non-hydrogen) atoms. The fraction of sp³-hybridized carbons (Fsp3) is 0.476. The van der Waals surface area contributed by atoms with Crippen molar-refractivity contribution in [1.82, 2.24) is 19.5 Å². The number of aryl methyl sites for hydroxylation is 1. The van der Waals surface area contributed by atoms with Crippen molar-refractivity contribution in [3.8, 4) is 5.88 Å². The Labute approximate surface area is 184 Å². The highest BCUT2D eigenvalue weighted by Gasteiger charge is 2.35. The van der Waals surface area contributed by atoms with Gasteiger partial charge in [0, 0.05) is 11.4 Å². The number of thiazole rings is 1. The van der Waals surface area contributed by atoms with E-state index in [1.807, 2.05) is 38.1 Å². The number of carbonyl (C=O) groups is 1. The van der Waals surface area contributed by atoms with Crippen molar-refractivity contribution < 1.29 is 14.6 Å². The number of nitrogens with zero attached hydrogens (tertiary/aromatic N) is 4. The van der Waals surface area contributed by atoms with Crippen molar-refractivity contribution in [2.45, 2.75) is 39.2 Å². The van der Waals surface area contributed by atoms with Gasteiger partial charge in [0.25, 0.3) is 0 Å². The summed E-state index contributed by atoms with van der Waals surface area (Å²) in [5.41, 5.74) is 0.921. The Morgan fingerprint density at radius 3 is 2.70 bits per heavy atom. The van der Waals surface area contributed by atoms with Crippen LogP contribution < -0.4 is 0 Å². The fourth-order valence-electron chi connectivity index (χ4n) is 3.97. The number of hydrogen-bond acceptors (Lipinski definition) is 7. The summed E-state index contributed by atoms with van der Waals surface area (Å²) < 4.78 is 6.71. The van der Waals surface area contributed by atoms with Gasteiger partial charge in [0.15, 0.2) is 5.82 Å². The van der Waals surface area contributed by atoms with Crippen LogP contribution in [0.2, 0.25) is 5.02 Å². The summed E-state index contributed by atoms with van der Waals surface area (Å²) in [6.07, 6.45) is 2.13. The predicted molar refractivity (Wildman–Crippen MR) is 116 cm³/mol. The number of carbonyl (C=O) groups excluding carboxylic acids is 1. The maximum Gasteiger partial charge on any atom is 0.309 e. The second-order valence-corrected chi connectivity index (χ2v) is 8.77. The summed E-state index contributed by atoms with van der Waals surface area (Å²) in [4.78, 5) is 20.3. The molecule has 160 valence electrons. The normalized spacial score (nSPS) is 16.8. The van der Waals surface area contributed by atoms with E-state index in [1.165, 1.54) is 15.9 Å². The molecule has 7 nitrogen and oxygen atoms in total. The van der Waals surface area contributed by atoms with Gasteiger partial charge in [-0.2, -0.15) is 4.52 Å². The van der Waals surface area contributed by atoms with Gasteiger partial charge in [-0.1, -0.05) is 48.1 Å². The predicted octanol–water partition coefficient (Wildman–Crippen LogP) is 4.08. The van der Waals surface area contributed by atoms with Gasteiger partial charge in [-0.3, -0.25) is 9.69 Å². The molecule has 3 heterocycles. The summed E-state index contributed by atoms with van der Waals surface area (Å²) >= 11 is 7.99. The van der Waals surface area contributed by atoms with E-state index in [0.29, 0.717) is 54.8 Å². The number of esters is 1.